The number of carbonyl (C=O) groups is 1. The summed E-state index contributed by atoms with van der Waals surface area (Å²) >= 11 is 0. The minimum Gasteiger partial charge on any atom is -0.483 e. The Kier molecular flexibility index (Phi) is 5.08. The average Bonchev–Trinajstić information content (AvgIpc) is 2.95. The molecule has 0 aliphatic carbocycles. The topological polar surface area (TPSA) is 107 Å². The number of carbonyl (C=O) groups excluding carboxylic acids is 1. The van der Waals surface area contributed by atoms with Crippen molar-refractivity contribution in [3.8, 4) is 5.75 Å². The molecule has 23 heavy (non-hydrogen) atoms. The molecule has 0 unspecified atom stereocenters. The smallest absolute Gasteiger partial charge is 0.433 e. The van der Waals surface area contributed by atoms with E-state index in [9.17, 15) is 14.9 Å². The summed E-state index contributed by atoms with van der Waals surface area (Å²) in [7, 11) is 0. The van der Waals surface area contributed by atoms with Crippen LogP contribution in [0.1, 0.15) is 16.9 Å². The molecule has 2 rings (SSSR count). The zero-order valence-electron chi connectivity index (χ0n) is 12.6. The predicted molar refractivity (Wildman–Crippen MR) is 82.5 cm³/mol. The Hall–Kier alpha value is -3.16. The van der Waals surface area contributed by atoms with Gasteiger partial charge in [-0.25, -0.2) is 5.43 Å². The minimum atomic E-state index is -0.659. The summed E-state index contributed by atoms with van der Waals surface area (Å²) in [6, 6.07) is 8.22. The number of nitro groups is 1. The average molecular weight is 317 g/mol. The van der Waals surface area contributed by atoms with E-state index in [0.717, 1.165) is 11.1 Å². The quantitative estimate of drug-likeness (QED) is 0.500. The van der Waals surface area contributed by atoms with Crippen molar-refractivity contribution >= 4 is 18.0 Å². The Morgan fingerprint density at radius 1 is 1.39 bits per heavy atom. The first kappa shape index (κ1) is 16.2. The van der Waals surface area contributed by atoms with Gasteiger partial charge in [0.15, 0.2) is 12.4 Å². The first-order valence-corrected chi connectivity index (χ1v) is 6.72. The number of rotatable bonds is 6. The first-order valence-electron chi connectivity index (χ1n) is 6.72. The van der Waals surface area contributed by atoms with Crippen molar-refractivity contribution in [1.29, 1.82) is 0 Å². The molecule has 1 aromatic heterocycles. The van der Waals surface area contributed by atoms with Crippen molar-refractivity contribution in [2.24, 2.45) is 5.10 Å². The fourth-order valence-corrected chi connectivity index (χ4v) is 1.81. The highest BCUT2D eigenvalue weighted by Crippen LogP contribution is 2.18. The van der Waals surface area contributed by atoms with Crippen LogP contribution in [0.25, 0.3) is 0 Å². The Bertz CT molecular complexity index is 751. The maximum atomic E-state index is 11.6. The molecule has 0 aliphatic rings. The standard InChI is InChI=1S/C15H15N3O5/c1-10-3-5-13(11(2)7-10)22-9-14(19)17-16-8-12-4-6-15(23-12)18(20)21/h3-8H,9H2,1-2H3,(H,17,19)/b16-8+. The normalized spacial score (nSPS) is 10.7. The third kappa shape index (κ3) is 4.67. The number of benzene rings is 1. The van der Waals surface area contributed by atoms with Gasteiger partial charge in [0.05, 0.1) is 12.3 Å². The lowest BCUT2D eigenvalue weighted by molar-refractivity contribution is -0.402. The lowest BCUT2D eigenvalue weighted by Gasteiger charge is -2.08. The van der Waals surface area contributed by atoms with E-state index in [4.69, 9.17) is 9.15 Å². The molecule has 0 aliphatic heterocycles. The summed E-state index contributed by atoms with van der Waals surface area (Å²) in [5.74, 6) is -0.0677. The summed E-state index contributed by atoms with van der Waals surface area (Å²) < 4.78 is 10.2. The van der Waals surface area contributed by atoms with E-state index in [1.165, 1.54) is 18.3 Å². The van der Waals surface area contributed by atoms with E-state index in [-0.39, 0.29) is 12.4 Å². The molecule has 2 aromatic rings. The molecule has 1 heterocycles. The maximum absolute atomic E-state index is 11.6. The number of furan rings is 1. The van der Waals surface area contributed by atoms with E-state index < -0.39 is 16.7 Å². The van der Waals surface area contributed by atoms with Gasteiger partial charge < -0.3 is 9.15 Å². The van der Waals surface area contributed by atoms with E-state index in [1.54, 1.807) is 6.07 Å². The van der Waals surface area contributed by atoms with E-state index in [1.807, 2.05) is 26.0 Å². The summed E-state index contributed by atoms with van der Waals surface area (Å²) in [5.41, 5.74) is 4.29. The number of aryl methyl sites for hydroxylation is 2. The van der Waals surface area contributed by atoms with E-state index in [0.29, 0.717) is 5.75 Å². The number of amides is 1. The Labute approximate surface area is 131 Å². The van der Waals surface area contributed by atoms with Crippen LogP contribution in [0.15, 0.2) is 39.9 Å². The molecule has 1 N–H and O–H groups in total. The Balaban J connectivity index is 1.82. The lowest BCUT2D eigenvalue weighted by atomic mass is 10.1. The van der Waals surface area contributed by atoms with Gasteiger partial charge in [0.25, 0.3) is 5.91 Å². The number of hydrogen-bond acceptors (Lipinski definition) is 6. The zero-order valence-corrected chi connectivity index (χ0v) is 12.6. The second-order valence-corrected chi connectivity index (χ2v) is 4.78. The van der Waals surface area contributed by atoms with Crippen LogP contribution in [0, 0.1) is 24.0 Å². The molecule has 0 atom stereocenters. The van der Waals surface area contributed by atoms with Crippen LogP contribution in [0.2, 0.25) is 0 Å². The Morgan fingerprint density at radius 3 is 2.83 bits per heavy atom. The van der Waals surface area contributed by atoms with Gasteiger partial charge in [-0.15, -0.1) is 0 Å². The van der Waals surface area contributed by atoms with Crippen molar-refractivity contribution < 1.29 is 18.9 Å². The summed E-state index contributed by atoms with van der Waals surface area (Å²) in [4.78, 5) is 21.4. The van der Waals surface area contributed by atoms with Crippen LogP contribution in [0.5, 0.6) is 5.75 Å². The SMILES string of the molecule is Cc1ccc(OCC(=O)N/N=C/c2ccc([N+](=O)[O-])o2)c(C)c1. The number of hydrogen-bond donors (Lipinski definition) is 1. The van der Waals surface area contributed by atoms with Gasteiger partial charge in [-0.3, -0.25) is 14.9 Å². The van der Waals surface area contributed by atoms with Gasteiger partial charge >= 0.3 is 5.88 Å². The highest BCUT2D eigenvalue weighted by atomic mass is 16.6. The van der Waals surface area contributed by atoms with Gasteiger partial charge in [-0.1, -0.05) is 17.7 Å². The molecule has 1 amide bonds. The molecule has 8 nitrogen and oxygen atoms in total. The van der Waals surface area contributed by atoms with Gasteiger partial charge in [-0.2, -0.15) is 5.10 Å². The van der Waals surface area contributed by atoms with Crippen LogP contribution in [0.3, 0.4) is 0 Å². The first-order chi connectivity index (χ1) is 11.0. The molecule has 0 radical (unpaired) electrons. The molecule has 0 saturated heterocycles. The van der Waals surface area contributed by atoms with Crippen LogP contribution < -0.4 is 10.2 Å². The lowest BCUT2D eigenvalue weighted by Crippen LogP contribution is -2.24. The van der Waals surface area contributed by atoms with E-state index >= 15 is 0 Å². The number of nitrogens with one attached hydrogen (secondary N) is 1. The van der Waals surface area contributed by atoms with Crippen LogP contribution >= 0.6 is 0 Å². The summed E-state index contributed by atoms with van der Waals surface area (Å²) in [6.45, 7) is 3.67. The highest BCUT2D eigenvalue weighted by Gasteiger charge is 2.10. The number of nitrogens with zero attached hydrogens (tertiary/aromatic N) is 2. The van der Waals surface area contributed by atoms with Gasteiger partial charge in [0.2, 0.25) is 0 Å². The summed E-state index contributed by atoms with van der Waals surface area (Å²) in [6.07, 6.45) is 1.17. The fourth-order valence-electron chi connectivity index (χ4n) is 1.81. The van der Waals surface area contributed by atoms with Crippen molar-refractivity contribution in [3.63, 3.8) is 0 Å². The second-order valence-electron chi connectivity index (χ2n) is 4.78. The highest BCUT2D eigenvalue weighted by molar-refractivity contribution is 5.81. The van der Waals surface area contributed by atoms with Crippen molar-refractivity contribution in [3.05, 3.63) is 57.3 Å². The third-order valence-electron chi connectivity index (χ3n) is 2.86. The molecule has 8 heteroatoms. The molecule has 0 spiro atoms. The largest absolute Gasteiger partial charge is 0.483 e. The Morgan fingerprint density at radius 2 is 2.17 bits per heavy atom. The molecular weight excluding hydrogens is 302 g/mol. The van der Waals surface area contributed by atoms with Crippen molar-refractivity contribution in [2.45, 2.75) is 13.8 Å². The fraction of sp³-hybridized carbons (Fsp3) is 0.200. The van der Waals surface area contributed by atoms with Crippen LogP contribution in [-0.2, 0) is 4.79 Å². The monoisotopic (exact) mass is 317 g/mol. The summed E-state index contributed by atoms with van der Waals surface area (Å²) in [5, 5.41) is 14.1. The maximum Gasteiger partial charge on any atom is 0.433 e. The molecule has 0 saturated carbocycles. The van der Waals surface area contributed by atoms with Gasteiger partial charge in [-0.05, 0) is 31.5 Å². The zero-order chi connectivity index (χ0) is 16.8. The molecule has 0 fully saturated rings. The van der Waals surface area contributed by atoms with Gasteiger partial charge in [0, 0.05) is 0 Å². The second kappa shape index (κ2) is 7.21. The van der Waals surface area contributed by atoms with Crippen LogP contribution in [-0.4, -0.2) is 23.7 Å². The third-order valence-corrected chi connectivity index (χ3v) is 2.86. The number of ether oxygens (including phenoxy) is 1. The molecule has 1 aromatic carbocycles. The van der Waals surface area contributed by atoms with E-state index in [2.05, 4.69) is 10.5 Å². The van der Waals surface area contributed by atoms with Crippen LogP contribution in [0.4, 0.5) is 5.88 Å². The molecular formula is C15H15N3O5. The molecule has 120 valence electrons. The predicted octanol–water partition coefficient (Wildman–Crippen LogP) is 2.33. The van der Waals surface area contributed by atoms with Crippen molar-refractivity contribution in [2.75, 3.05) is 6.61 Å². The minimum absolute atomic E-state index is 0.160. The van der Waals surface area contributed by atoms with Gasteiger partial charge in [0.1, 0.15) is 10.7 Å². The number of hydrazone groups is 1. The molecule has 0 bridgehead atoms. The van der Waals surface area contributed by atoms with Crippen molar-refractivity contribution in [1.82, 2.24) is 5.43 Å².